The van der Waals surface area contributed by atoms with Gasteiger partial charge in [-0.15, -0.1) is 0 Å². The van der Waals surface area contributed by atoms with Crippen LogP contribution in [0.15, 0.2) is 53.8 Å². The van der Waals surface area contributed by atoms with Crippen LogP contribution in [0.5, 0.6) is 0 Å². The molecule has 0 radical (unpaired) electrons. The SMILES string of the molecule is CS(=O)(=O)c1ccc(-n2cnc(Cl)c2-c2ccccc2F)nc1. The van der Waals surface area contributed by atoms with Gasteiger partial charge in [-0.25, -0.2) is 22.8 Å². The maximum Gasteiger partial charge on any atom is 0.177 e. The first-order valence-electron chi connectivity index (χ1n) is 6.52. The second-order valence-corrected chi connectivity index (χ2v) is 7.23. The van der Waals surface area contributed by atoms with Crippen LogP contribution in [-0.2, 0) is 9.84 Å². The summed E-state index contributed by atoms with van der Waals surface area (Å²) in [6, 6.07) is 9.11. The predicted octanol–water partition coefficient (Wildman–Crippen LogP) is 3.13. The molecule has 3 rings (SSSR count). The molecule has 0 aliphatic heterocycles. The molecule has 1 aromatic carbocycles. The van der Waals surface area contributed by atoms with Crippen LogP contribution in [0.25, 0.3) is 17.1 Å². The zero-order valence-electron chi connectivity index (χ0n) is 11.9. The van der Waals surface area contributed by atoms with Crippen molar-refractivity contribution in [2.45, 2.75) is 4.90 Å². The Labute approximate surface area is 137 Å². The summed E-state index contributed by atoms with van der Waals surface area (Å²) < 4.78 is 38.5. The molecule has 0 fully saturated rings. The lowest BCUT2D eigenvalue weighted by molar-refractivity contribution is 0.601. The van der Waals surface area contributed by atoms with Crippen LogP contribution in [-0.4, -0.2) is 29.2 Å². The van der Waals surface area contributed by atoms with E-state index in [1.165, 1.54) is 35.3 Å². The Morgan fingerprint density at radius 2 is 1.87 bits per heavy atom. The Bertz CT molecular complexity index is 969. The van der Waals surface area contributed by atoms with Crippen molar-refractivity contribution in [2.75, 3.05) is 6.26 Å². The molecule has 2 heterocycles. The van der Waals surface area contributed by atoms with Crippen molar-refractivity contribution in [3.05, 3.63) is 59.9 Å². The van der Waals surface area contributed by atoms with Gasteiger partial charge in [0.15, 0.2) is 15.0 Å². The van der Waals surface area contributed by atoms with Gasteiger partial charge in [0.25, 0.3) is 0 Å². The molecule has 118 valence electrons. The molecule has 0 saturated carbocycles. The van der Waals surface area contributed by atoms with Gasteiger partial charge in [-0.1, -0.05) is 23.7 Å². The molecule has 0 atom stereocenters. The van der Waals surface area contributed by atoms with E-state index in [0.717, 1.165) is 6.26 Å². The number of pyridine rings is 1. The highest BCUT2D eigenvalue weighted by Crippen LogP contribution is 2.31. The van der Waals surface area contributed by atoms with Crippen molar-refractivity contribution >= 4 is 21.4 Å². The average molecular weight is 352 g/mol. The summed E-state index contributed by atoms with van der Waals surface area (Å²) in [7, 11) is -3.34. The summed E-state index contributed by atoms with van der Waals surface area (Å²) in [5.74, 6) is -0.0565. The van der Waals surface area contributed by atoms with Crippen LogP contribution in [0, 0.1) is 5.82 Å². The van der Waals surface area contributed by atoms with Gasteiger partial charge in [0.1, 0.15) is 18.0 Å². The molecular formula is C15H11ClFN3O2S. The number of imidazole rings is 1. The molecule has 0 amide bonds. The minimum atomic E-state index is -3.34. The monoisotopic (exact) mass is 351 g/mol. The van der Waals surface area contributed by atoms with Crippen molar-refractivity contribution in [2.24, 2.45) is 0 Å². The van der Waals surface area contributed by atoms with Gasteiger partial charge >= 0.3 is 0 Å². The summed E-state index contributed by atoms with van der Waals surface area (Å²) in [4.78, 5) is 8.19. The van der Waals surface area contributed by atoms with E-state index in [-0.39, 0.29) is 15.6 Å². The number of hydrogen-bond donors (Lipinski definition) is 0. The Morgan fingerprint density at radius 1 is 1.13 bits per heavy atom. The van der Waals surface area contributed by atoms with Crippen LogP contribution in [0.3, 0.4) is 0 Å². The fourth-order valence-corrected chi connectivity index (χ4v) is 2.92. The average Bonchev–Trinajstić information content (AvgIpc) is 2.89. The zero-order valence-corrected chi connectivity index (χ0v) is 13.5. The number of rotatable bonds is 3. The van der Waals surface area contributed by atoms with Crippen molar-refractivity contribution in [3.8, 4) is 17.1 Å². The summed E-state index contributed by atoms with van der Waals surface area (Å²) >= 11 is 6.08. The van der Waals surface area contributed by atoms with Crippen LogP contribution in [0.4, 0.5) is 4.39 Å². The van der Waals surface area contributed by atoms with E-state index in [2.05, 4.69) is 9.97 Å². The maximum atomic E-state index is 14.0. The Hall–Kier alpha value is -2.25. The molecule has 0 saturated heterocycles. The molecule has 8 heteroatoms. The smallest absolute Gasteiger partial charge is 0.177 e. The number of halogens is 2. The van der Waals surface area contributed by atoms with Crippen LogP contribution < -0.4 is 0 Å². The van der Waals surface area contributed by atoms with Crippen LogP contribution >= 0.6 is 11.6 Å². The summed E-state index contributed by atoms with van der Waals surface area (Å²) in [5.41, 5.74) is 0.633. The molecule has 0 N–H and O–H groups in total. The van der Waals surface area contributed by atoms with Gasteiger partial charge in [0.2, 0.25) is 0 Å². The summed E-state index contributed by atoms with van der Waals surface area (Å²) in [6.07, 6.45) is 3.75. The van der Waals surface area contributed by atoms with Gasteiger partial charge in [0, 0.05) is 18.0 Å². The van der Waals surface area contributed by atoms with E-state index in [9.17, 15) is 12.8 Å². The Kier molecular flexibility index (Phi) is 3.91. The van der Waals surface area contributed by atoms with Gasteiger partial charge in [0.05, 0.1) is 10.6 Å². The predicted molar refractivity (Wildman–Crippen MR) is 84.9 cm³/mol. The quantitative estimate of drug-likeness (QED) is 0.727. The van der Waals surface area contributed by atoms with Gasteiger partial charge < -0.3 is 0 Å². The van der Waals surface area contributed by atoms with Crippen LogP contribution in [0.1, 0.15) is 0 Å². The molecule has 0 aliphatic carbocycles. The minimum Gasteiger partial charge on any atom is -0.281 e. The molecule has 0 spiro atoms. The lowest BCUT2D eigenvalue weighted by Crippen LogP contribution is -2.02. The van der Waals surface area contributed by atoms with Crippen molar-refractivity contribution < 1.29 is 12.8 Å². The molecule has 5 nitrogen and oxygen atoms in total. The fourth-order valence-electron chi connectivity index (χ4n) is 2.13. The number of sulfone groups is 1. The van der Waals surface area contributed by atoms with Crippen LogP contribution in [0.2, 0.25) is 5.15 Å². The van der Waals surface area contributed by atoms with E-state index in [1.807, 2.05) is 0 Å². The molecule has 0 unspecified atom stereocenters. The first-order chi connectivity index (χ1) is 10.9. The van der Waals surface area contributed by atoms with E-state index in [1.54, 1.807) is 18.2 Å². The second kappa shape index (κ2) is 5.75. The van der Waals surface area contributed by atoms with E-state index < -0.39 is 15.7 Å². The highest BCUT2D eigenvalue weighted by Gasteiger charge is 2.17. The molecule has 0 aliphatic rings. The zero-order chi connectivity index (χ0) is 16.6. The molecule has 3 aromatic rings. The van der Waals surface area contributed by atoms with E-state index >= 15 is 0 Å². The summed E-state index contributed by atoms with van der Waals surface area (Å²) in [5, 5.41) is 0.129. The Balaban J connectivity index is 2.14. The third kappa shape index (κ3) is 2.97. The highest BCUT2D eigenvalue weighted by molar-refractivity contribution is 7.90. The highest BCUT2D eigenvalue weighted by atomic mass is 35.5. The number of aromatic nitrogens is 3. The van der Waals surface area contributed by atoms with E-state index in [4.69, 9.17) is 11.6 Å². The molecule has 0 bridgehead atoms. The lowest BCUT2D eigenvalue weighted by Gasteiger charge is -2.09. The minimum absolute atomic E-state index is 0.0971. The largest absolute Gasteiger partial charge is 0.281 e. The summed E-state index contributed by atoms with van der Waals surface area (Å²) in [6.45, 7) is 0. The van der Waals surface area contributed by atoms with Crippen molar-refractivity contribution in [1.29, 1.82) is 0 Å². The molecule has 23 heavy (non-hydrogen) atoms. The van der Waals surface area contributed by atoms with E-state index in [0.29, 0.717) is 11.5 Å². The second-order valence-electron chi connectivity index (χ2n) is 4.86. The van der Waals surface area contributed by atoms with Gasteiger partial charge in [-0.05, 0) is 24.3 Å². The first kappa shape index (κ1) is 15.6. The number of benzene rings is 1. The number of nitrogens with zero attached hydrogens (tertiary/aromatic N) is 3. The maximum absolute atomic E-state index is 14.0. The normalized spacial score (nSPS) is 11.6. The molecular weight excluding hydrogens is 341 g/mol. The standard InChI is InChI=1S/C15H11ClFN3O2S/c1-23(21,22)10-6-7-13(18-8-10)20-9-19-15(16)14(20)11-4-2-3-5-12(11)17/h2-9H,1H3. The van der Waals surface area contributed by atoms with Crippen molar-refractivity contribution in [1.82, 2.24) is 14.5 Å². The fraction of sp³-hybridized carbons (Fsp3) is 0.0667. The Morgan fingerprint density at radius 3 is 2.48 bits per heavy atom. The third-order valence-corrected chi connectivity index (χ3v) is 4.62. The third-order valence-electron chi connectivity index (χ3n) is 3.25. The molecule has 2 aromatic heterocycles. The lowest BCUT2D eigenvalue weighted by atomic mass is 10.1. The first-order valence-corrected chi connectivity index (χ1v) is 8.79. The topological polar surface area (TPSA) is 64.8 Å². The van der Waals surface area contributed by atoms with Gasteiger partial charge in [-0.3, -0.25) is 4.57 Å². The van der Waals surface area contributed by atoms with Crippen molar-refractivity contribution in [3.63, 3.8) is 0 Å². The number of hydrogen-bond acceptors (Lipinski definition) is 4. The van der Waals surface area contributed by atoms with Gasteiger partial charge in [-0.2, -0.15) is 0 Å².